The van der Waals surface area contributed by atoms with Gasteiger partial charge < -0.3 is 19.9 Å². The van der Waals surface area contributed by atoms with Crippen molar-refractivity contribution in [2.75, 3.05) is 19.8 Å². The molecular weight excluding hydrogens is 280 g/mol. The topological polar surface area (TPSA) is 53.7 Å². The average Bonchev–Trinajstić information content (AvgIpc) is 2.90. The van der Waals surface area contributed by atoms with Crippen LogP contribution in [-0.2, 0) is 16.0 Å². The van der Waals surface area contributed by atoms with E-state index in [2.05, 4.69) is 0 Å². The molecule has 1 aromatic rings. The summed E-state index contributed by atoms with van der Waals surface area (Å²) in [5.41, 5.74) is 5.45. The number of hydrogen-bond donors (Lipinski definition) is 1. The summed E-state index contributed by atoms with van der Waals surface area (Å²) in [5, 5.41) is 0. The van der Waals surface area contributed by atoms with E-state index >= 15 is 0 Å². The van der Waals surface area contributed by atoms with E-state index in [0.29, 0.717) is 38.2 Å². The molecule has 0 radical (unpaired) electrons. The summed E-state index contributed by atoms with van der Waals surface area (Å²) in [6.45, 7) is 1.77. The molecular formula is C15H19F2NO3. The Balaban J connectivity index is 1.74. The molecule has 2 fully saturated rings. The van der Waals surface area contributed by atoms with Gasteiger partial charge in [0, 0.05) is 32.4 Å². The summed E-state index contributed by atoms with van der Waals surface area (Å²) in [7, 11) is 0. The second-order valence-corrected chi connectivity index (χ2v) is 5.66. The molecule has 6 heteroatoms. The van der Waals surface area contributed by atoms with E-state index in [0.717, 1.165) is 6.42 Å². The quantitative estimate of drug-likeness (QED) is 0.929. The molecule has 1 aromatic carbocycles. The average molecular weight is 299 g/mol. The van der Waals surface area contributed by atoms with Crippen LogP contribution in [0.2, 0.25) is 0 Å². The van der Waals surface area contributed by atoms with Crippen LogP contribution in [-0.4, -0.2) is 31.5 Å². The van der Waals surface area contributed by atoms with Gasteiger partial charge in [-0.05, 0) is 17.7 Å². The summed E-state index contributed by atoms with van der Waals surface area (Å²) in [5.74, 6) is -1.74. The van der Waals surface area contributed by atoms with E-state index in [9.17, 15) is 8.78 Å². The highest BCUT2D eigenvalue weighted by Gasteiger charge is 2.42. The molecule has 0 aromatic heterocycles. The summed E-state index contributed by atoms with van der Waals surface area (Å²) < 4.78 is 44.6. The van der Waals surface area contributed by atoms with E-state index in [1.54, 1.807) is 0 Å². The SMILES string of the molecule is NCc1cc(F)c(OC2CCOC3(CCOC3)C2)c(F)c1. The molecule has 4 nitrogen and oxygen atoms in total. The second-order valence-electron chi connectivity index (χ2n) is 5.66. The molecule has 2 atom stereocenters. The van der Waals surface area contributed by atoms with Crippen molar-refractivity contribution in [3.63, 3.8) is 0 Å². The van der Waals surface area contributed by atoms with Crippen molar-refractivity contribution >= 4 is 0 Å². The van der Waals surface area contributed by atoms with E-state index in [1.165, 1.54) is 12.1 Å². The maximum absolute atomic E-state index is 13.9. The predicted molar refractivity (Wildman–Crippen MR) is 72.0 cm³/mol. The summed E-state index contributed by atoms with van der Waals surface area (Å²) in [6, 6.07) is 2.43. The maximum Gasteiger partial charge on any atom is 0.191 e. The second kappa shape index (κ2) is 5.87. The lowest BCUT2D eigenvalue weighted by Gasteiger charge is -2.37. The number of nitrogens with two attached hydrogens (primary N) is 1. The zero-order valence-electron chi connectivity index (χ0n) is 11.7. The van der Waals surface area contributed by atoms with Crippen molar-refractivity contribution in [1.29, 1.82) is 0 Å². The van der Waals surface area contributed by atoms with Gasteiger partial charge in [0.15, 0.2) is 17.4 Å². The number of ether oxygens (including phenoxy) is 3. The lowest BCUT2D eigenvalue weighted by Crippen LogP contribution is -2.44. The van der Waals surface area contributed by atoms with Gasteiger partial charge in [-0.2, -0.15) is 0 Å². The van der Waals surface area contributed by atoms with Crippen LogP contribution in [0.25, 0.3) is 0 Å². The first-order valence-corrected chi connectivity index (χ1v) is 7.18. The van der Waals surface area contributed by atoms with Crippen LogP contribution in [0.3, 0.4) is 0 Å². The minimum absolute atomic E-state index is 0.0891. The normalized spacial score (nSPS) is 29.0. The van der Waals surface area contributed by atoms with Gasteiger partial charge in [-0.1, -0.05) is 0 Å². The van der Waals surface area contributed by atoms with Crippen molar-refractivity contribution in [3.05, 3.63) is 29.3 Å². The fourth-order valence-electron chi connectivity index (χ4n) is 2.96. The fourth-order valence-corrected chi connectivity index (χ4v) is 2.96. The molecule has 2 aliphatic rings. The van der Waals surface area contributed by atoms with Gasteiger partial charge in [-0.3, -0.25) is 0 Å². The van der Waals surface area contributed by atoms with Crippen molar-refractivity contribution in [3.8, 4) is 5.75 Å². The van der Waals surface area contributed by atoms with E-state index in [-0.39, 0.29) is 24.0 Å². The molecule has 116 valence electrons. The Bertz CT molecular complexity index is 495. The number of halogens is 2. The molecule has 0 bridgehead atoms. The Morgan fingerprint density at radius 3 is 2.67 bits per heavy atom. The van der Waals surface area contributed by atoms with Gasteiger partial charge in [-0.25, -0.2) is 8.78 Å². The smallest absolute Gasteiger partial charge is 0.191 e. The zero-order valence-corrected chi connectivity index (χ0v) is 11.7. The van der Waals surface area contributed by atoms with Crippen LogP contribution in [0.4, 0.5) is 8.78 Å². The Morgan fingerprint density at radius 2 is 2.05 bits per heavy atom. The minimum Gasteiger partial charge on any atom is -0.484 e. The Morgan fingerprint density at radius 1 is 1.29 bits per heavy atom. The van der Waals surface area contributed by atoms with Crippen LogP contribution >= 0.6 is 0 Å². The molecule has 3 rings (SSSR count). The van der Waals surface area contributed by atoms with E-state index < -0.39 is 11.6 Å². The summed E-state index contributed by atoms with van der Waals surface area (Å²) in [4.78, 5) is 0. The third kappa shape index (κ3) is 3.02. The fraction of sp³-hybridized carbons (Fsp3) is 0.600. The molecule has 2 saturated heterocycles. The van der Waals surface area contributed by atoms with E-state index in [4.69, 9.17) is 19.9 Å². The van der Waals surface area contributed by atoms with Gasteiger partial charge in [-0.15, -0.1) is 0 Å². The molecule has 2 aliphatic heterocycles. The Hall–Kier alpha value is -1.24. The van der Waals surface area contributed by atoms with Crippen LogP contribution in [0, 0.1) is 11.6 Å². The third-order valence-corrected chi connectivity index (χ3v) is 4.09. The van der Waals surface area contributed by atoms with Crippen LogP contribution in [0.5, 0.6) is 5.75 Å². The molecule has 0 aliphatic carbocycles. The first kappa shape index (κ1) is 14.7. The molecule has 0 saturated carbocycles. The number of rotatable bonds is 3. The summed E-state index contributed by atoms with van der Waals surface area (Å²) >= 11 is 0. The van der Waals surface area contributed by atoms with Gasteiger partial charge >= 0.3 is 0 Å². The molecule has 2 N–H and O–H groups in total. The number of hydrogen-bond acceptors (Lipinski definition) is 4. The van der Waals surface area contributed by atoms with Gasteiger partial charge in [0.25, 0.3) is 0 Å². The standard InChI is InChI=1S/C15H19F2NO3/c16-12-5-10(8-18)6-13(17)14(12)21-11-1-3-20-15(7-11)2-4-19-9-15/h5-6,11H,1-4,7-9,18H2. The Kier molecular flexibility index (Phi) is 4.10. The van der Waals surface area contributed by atoms with Crippen molar-refractivity contribution < 1.29 is 23.0 Å². The van der Waals surface area contributed by atoms with Crippen LogP contribution in [0.1, 0.15) is 24.8 Å². The molecule has 0 amide bonds. The number of benzene rings is 1. The van der Waals surface area contributed by atoms with E-state index in [1.807, 2.05) is 0 Å². The van der Waals surface area contributed by atoms with Gasteiger partial charge in [0.1, 0.15) is 6.10 Å². The molecule has 2 heterocycles. The predicted octanol–water partition coefficient (Wildman–Crippen LogP) is 2.14. The summed E-state index contributed by atoms with van der Waals surface area (Å²) in [6.07, 6.45) is 1.72. The molecule has 2 unspecified atom stereocenters. The lowest BCUT2D eigenvalue weighted by molar-refractivity contribution is -0.113. The van der Waals surface area contributed by atoms with Crippen molar-refractivity contribution in [2.24, 2.45) is 5.73 Å². The highest BCUT2D eigenvalue weighted by molar-refractivity contribution is 5.31. The maximum atomic E-state index is 13.9. The van der Waals surface area contributed by atoms with Crippen molar-refractivity contribution in [1.82, 2.24) is 0 Å². The monoisotopic (exact) mass is 299 g/mol. The first-order valence-electron chi connectivity index (χ1n) is 7.18. The largest absolute Gasteiger partial charge is 0.484 e. The first-order chi connectivity index (χ1) is 10.1. The van der Waals surface area contributed by atoms with Gasteiger partial charge in [0.2, 0.25) is 0 Å². The third-order valence-electron chi connectivity index (χ3n) is 4.09. The zero-order chi connectivity index (χ0) is 14.9. The van der Waals surface area contributed by atoms with Crippen LogP contribution in [0.15, 0.2) is 12.1 Å². The van der Waals surface area contributed by atoms with Crippen molar-refractivity contribution in [2.45, 2.75) is 37.5 Å². The highest BCUT2D eigenvalue weighted by atomic mass is 19.1. The molecule has 21 heavy (non-hydrogen) atoms. The lowest BCUT2D eigenvalue weighted by atomic mass is 9.91. The van der Waals surface area contributed by atoms with Crippen LogP contribution < -0.4 is 10.5 Å². The Labute approximate surface area is 122 Å². The molecule has 1 spiro atoms. The van der Waals surface area contributed by atoms with Gasteiger partial charge in [0.05, 0.1) is 18.8 Å². The minimum atomic E-state index is -0.710. The highest BCUT2D eigenvalue weighted by Crippen LogP contribution is 2.35.